The number of nitrogens with zero attached hydrogens (tertiary/aromatic N) is 1. The zero-order chi connectivity index (χ0) is 17.9. The summed E-state index contributed by atoms with van der Waals surface area (Å²) >= 11 is 0. The average Bonchev–Trinajstić information content (AvgIpc) is 3.23. The summed E-state index contributed by atoms with van der Waals surface area (Å²) in [6.45, 7) is 10.4. The molecule has 0 radical (unpaired) electrons. The van der Waals surface area contributed by atoms with Gasteiger partial charge in [-0.25, -0.2) is 0 Å². The number of ether oxygens (including phenoxy) is 1. The number of carboxylic acid groups (broad SMARTS) is 1. The van der Waals surface area contributed by atoms with Crippen LogP contribution in [0.25, 0.3) is 0 Å². The third-order valence-electron chi connectivity index (χ3n) is 5.31. The lowest BCUT2D eigenvalue weighted by atomic mass is 9.92. The Labute approximate surface area is 145 Å². The maximum absolute atomic E-state index is 11.8. The summed E-state index contributed by atoms with van der Waals surface area (Å²) in [5.74, 6) is -0.647. The molecule has 1 saturated carbocycles. The van der Waals surface area contributed by atoms with Gasteiger partial charge in [-0.3, -0.25) is 9.69 Å². The highest BCUT2D eigenvalue weighted by molar-refractivity contribution is 5.85. The summed E-state index contributed by atoms with van der Waals surface area (Å²) < 4.78 is 5.16. The molecule has 134 valence electrons. The number of rotatable bonds is 9. The molecule has 1 aliphatic rings. The molecule has 4 nitrogen and oxygen atoms in total. The van der Waals surface area contributed by atoms with Crippen molar-refractivity contribution in [3.8, 4) is 0 Å². The van der Waals surface area contributed by atoms with Crippen molar-refractivity contribution in [2.45, 2.75) is 58.0 Å². The van der Waals surface area contributed by atoms with E-state index in [0.717, 1.165) is 18.5 Å². The predicted octanol–water partition coefficient (Wildman–Crippen LogP) is 3.34. The van der Waals surface area contributed by atoms with Crippen molar-refractivity contribution in [2.75, 3.05) is 20.3 Å². The van der Waals surface area contributed by atoms with Gasteiger partial charge in [-0.05, 0) is 51.7 Å². The van der Waals surface area contributed by atoms with Gasteiger partial charge in [0, 0.05) is 31.7 Å². The summed E-state index contributed by atoms with van der Waals surface area (Å²) in [5.41, 5.74) is 1.43. The van der Waals surface area contributed by atoms with Crippen molar-refractivity contribution in [1.29, 1.82) is 0 Å². The van der Waals surface area contributed by atoms with Crippen molar-refractivity contribution in [3.63, 3.8) is 0 Å². The summed E-state index contributed by atoms with van der Waals surface area (Å²) in [6.07, 6.45) is 1.65. The molecule has 0 aliphatic heterocycles. The van der Waals surface area contributed by atoms with Gasteiger partial charge >= 0.3 is 5.97 Å². The van der Waals surface area contributed by atoms with Crippen LogP contribution in [-0.2, 0) is 21.4 Å². The summed E-state index contributed by atoms with van der Waals surface area (Å²) in [6, 6.07) is 9.21. The number of methoxy groups -OCH3 is 1. The van der Waals surface area contributed by atoms with Crippen LogP contribution in [0.5, 0.6) is 0 Å². The third-order valence-corrected chi connectivity index (χ3v) is 5.31. The van der Waals surface area contributed by atoms with Crippen molar-refractivity contribution >= 4 is 5.97 Å². The Morgan fingerprint density at radius 1 is 1.25 bits per heavy atom. The van der Waals surface area contributed by atoms with Crippen LogP contribution in [0.2, 0.25) is 0 Å². The lowest BCUT2D eigenvalue weighted by Gasteiger charge is -2.30. The Hall–Kier alpha value is -1.39. The van der Waals surface area contributed by atoms with Crippen LogP contribution < -0.4 is 0 Å². The molecule has 1 N–H and O–H groups in total. The SMILES string of the molecule is COCC1CC1(C(=O)O)c1ccc(CCN(C(C)C)C(C)C)cc1. The maximum atomic E-state index is 11.8. The number of hydrogen-bond acceptors (Lipinski definition) is 3. The van der Waals surface area contributed by atoms with Crippen LogP contribution in [0.1, 0.15) is 45.2 Å². The number of hydrogen-bond donors (Lipinski definition) is 1. The molecule has 24 heavy (non-hydrogen) atoms. The monoisotopic (exact) mass is 333 g/mol. The van der Waals surface area contributed by atoms with Gasteiger partial charge in [0.2, 0.25) is 0 Å². The number of carbonyl (C=O) groups is 1. The average molecular weight is 333 g/mol. The molecule has 0 bridgehead atoms. The van der Waals surface area contributed by atoms with Gasteiger partial charge in [0.25, 0.3) is 0 Å². The van der Waals surface area contributed by atoms with Crippen LogP contribution in [-0.4, -0.2) is 48.3 Å². The smallest absolute Gasteiger partial charge is 0.314 e. The van der Waals surface area contributed by atoms with Crippen molar-refractivity contribution in [3.05, 3.63) is 35.4 Å². The molecular weight excluding hydrogens is 302 g/mol. The quantitative estimate of drug-likeness (QED) is 0.753. The van der Waals surface area contributed by atoms with Crippen LogP contribution in [0.15, 0.2) is 24.3 Å². The van der Waals surface area contributed by atoms with Gasteiger partial charge in [0.1, 0.15) is 0 Å². The van der Waals surface area contributed by atoms with Gasteiger partial charge in [-0.15, -0.1) is 0 Å². The van der Waals surface area contributed by atoms with Gasteiger partial charge in [-0.1, -0.05) is 24.3 Å². The van der Waals surface area contributed by atoms with E-state index in [2.05, 4.69) is 44.7 Å². The highest BCUT2D eigenvalue weighted by atomic mass is 16.5. The lowest BCUT2D eigenvalue weighted by Crippen LogP contribution is -2.38. The van der Waals surface area contributed by atoms with E-state index >= 15 is 0 Å². The number of benzene rings is 1. The highest BCUT2D eigenvalue weighted by Gasteiger charge is 2.61. The van der Waals surface area contributed by atoms with Crippen LogP contribution >= 0.6 is 0 Å². The fourth-order valence-corrected chi connectivity index (χ4v) is 3.81. The molecule has 1 aliphatic carbocycles. The fraction of sp³-hybridized carbons (Fsp3) is 0.650. The van der Waals surface area contributed by atoms with E-state index in [1.807, 2.05) is 12.1 Å². The van der Waals surface area contributed by atoms with E-state index in [1.165, 1.54) is 5.56 Å². The second-order valence-corrected chi connectivity index (χ2v) is 7.51. The molecular formula is C20H31NO3. The fourth-order valence-electron chi connectivity index (χ4n) is 3.81. The Balaban J connectivity index is 2.04. The Kier molecular flexibility index (Phi) is 6.05. The van der Waals surface area contributed by atoms with E-state index in [0.29, 0.717) is 25.1 Å². The lowest BCUT2D eigenvalue weighted by molar-refractivity contribution is -0.140. The summed E-state index contributed by atoms with van der Waals surface area (Å²) in [7, 11) is 1.63. The predicted molar refractivity (Wildman–Crippen MR) is 96.4 cm³/mol. The van der Waals surface area contributed by atoms with E-state index in [-0.39, 0.29) is 5.92 Å². The largest absolute Gasteiger partial charge is 0.481 e. The minimum atomic E-state index is -0.740. The molecule has 0 aromatic heterocycles. The van der Waals surface area contributed by atoms with Gasteiger partial charge in [0.05, 0.1) is 12.0 Å². The third kappa shape index (κ3) is 3.81. The summed E-state index contributed by atoms with van der Waals surface area (Å²) in [4.78, 5) is 14.2. The summed E-state index contributed by atoms with van der Waals surface area (Å²) in [5, 5.41) is 9.66. The first kappa shape index (κ1) is 18.9. The molecule has 2 atom stereocenters. The molecule has 2 rings (SSSR count). The number of aliphatic carboxylic acids is 1. The maximum Gasteiger partial charge on any atom is 0.314 e. The van der Waals surface area contributed by atoms with Crippen molar-refractivity contribution in [1.82, 2.24) is 4.90 Å². The first-order valence-electron chi connectivity index (χ1n) is 8.90. The van der Waals surface area contributed by atoms with E-state index < -0.39 is 11.4 Å². The Morgan fingerprint density at radius 3 is 2.29 bits per heavy atom. The molecule has 1 fully saturated rings. The molecule has 2 unspecified atom stereocenters. The van der Waals surface area contributed by atoms with Crippen LogP contribution in [0, 0.1) is 5.92 Å². The van der Waals surface area contributed by atoms with Crippen LogP contribution in [0.3, 0.4) is 0 Å². The number of carboxylic acids is 1. The Morgan fingerprint density at radius 2 is 1.83 bits per heavy atom. The van der Waals surface area contributed by atoms with E-state index in [1.54, 1.807) is 7.11 Å². The van der Waals surface area contributed by atoms with Crippen molar-refractivity contribution in [2.24, 2.45) is 5.92 Å². The minimum Gasteiger partial charge on any atom is -0.481 e. The highest BCUT2D eigenvalue weighted by Crippen LogP contribution is 2.54. The minimum absolute atomic E-state index is 0.0863. The Bertz CT molecular complexity index is 545. The normalized spacial score (nSPS) is 23.2. The molecule has 0 heterocycles. The van der Waals surface area contributed by atoms with Gasteiger partial charge in [0.15, 0.2) is 0 Å². The zero-order valence-electron chi connectivity index (χ0n) is 15.6. The molecule has 0 saturated heterocycles. The van der Waals surface area contributed by atoms with E-state index in [4.69, 9.17) is 4.74 Å². The first-order chi connectivity index (χ1) is 11.3. The first-order valence-corrected chi connectivity index (χ1v) is 8.90. The zero-order valence-corrected chi connectivity index (χ0v) is 15.6. The standard InChI is InChI=1S/C20H31NO3/c1-14(2)21(15(3)4)11-10-16-6-8-17(9-7-16)20(19(22)23)12-18(20)13-24-5/h6-9,14-15,18H,10-13H2,1-5H3,(H,22,23). The van der Waals surface area contributed by atoms with Crippen LogP contribution in [0.4, 0.5) is 0 Å². The van der Waals surface area contributed by atoms with Gasteiger partial charge in [-0.2, -0.15) is 0 Å². The molecule has 1 aromatic carbocycles. The molecule has 4 heteroatoms. The second kappa shape index (κ2) is 7.66. The topological polar surface area (TPSA) is 49.8 Å². The van der Waals surface area contributed by atoms with Gasteiger partial charge < -0.3 is 9.84 Å². The second-order valence-electron chi connectivity index (χ2n) is 7.51. The van der Waals surface area contributed by atoms with Crippen molar-refractivity contribution < 1.29 is 14.6 Å². The van der Waals surface area contributed by atoms with E-state index in [9.17, 15) is 9.90 Å². The molecule has 1 aromatic rings. The molecule has 0 amide bonds. The molecule has 0 spiro atoms.